The molecule has 0 unspecified atom stereocenters. The molecule has 0 aliphatic carbocycles. The normalized spacial score (nSPS) is 19.9. The SMILES string of the molecule is COc1cc2c(cc1OC)CN(C[C@@H]1C[C@H](c3ccc(CO)cc3)O[C@H](c3ccc(-c4cccc(CN5C(=O)c6ccccc6C5=O)c4)cc3)O1)CC2. The van der Waals surface area contributed by atoms with Gasteiger partial charge in [-0.15, -0.1) is 0 Å². The standard InChI is InChI=1S/C44H42N2O7/c1-50-40-21-34-18-19-45(25-35(34)22-41(40)51-2)26-36-23-39(31-12-10-28(27-47)11-13-31)53-44(52-36)32-16-14-30(15-17-32)33-7-5-6-29(20-33)24-46-42(48)37-8-3-4-9-38(37)43(46)49/h3-17,20-22,36,39,44,47H,18-19,23-27H2,1-2H3/t36-,39+,44+/m0/s1. The Bertz CT molecular complexity index is 2100. The van der Waals surface area contributed by atoms with E-state index in [1.807, 2.05) is 60.7 Å². The number of hydrogen-bond acceptors (Lipinski definition) is 8. The molecule has 0 saturated carbocycles. The highest BCUT2D eigenvalue weighted by Gasteiger charge is 2.36. The Kier molecular flexibility index (Phi) is 9.81. The first-order valence-corrected chi connectivity index (χ1v) is 18.0. The number of amides is 2. The van der Waals surface area contributed by atoms with Gasteiger partial charge in [-0.2, -0.15) is 0 Å². The molecule has 1 saturated heterocycles. The van der Waals surface area contributed by atoms with Gasteiger partial charge in [0.2, 0.25) is 0 Å². The van der Waals surface area contributed by atoms with Crippen molar-refractivity contribution in [3.8, 4) is 22.6 Å². The van der Waals surface area contributed by atoms with Gasteiger partial charge < -0.3 is 24.1 Å². The molecule has 0 spiro atoms. The van der Waals surface area contributed by atoms with E-state index >= 15 is 0 Å². The Labute approximate surface area is 309 Å². The van der Waals surface area contributed by atoms with E-state index in [9.17, 15) is 14.7 Å². The summed E-state index contributed by atoms with van der Waals surface area (Å²) in [7, 11) is 3.33. The van der Waals surface area contributed by atoms with E-state index in [4.69, 9.17) is 18.9 Å². The number of aliphatic hydroxyl groups excluding tert-OH is 1. The zero-order valence-corrected chi connectivity index (χ0v) is 29.9. The van der Waals surface area contributed by atoms with Crippen LogP contribution < -0.4 is 9.47 Å². The minimum absolute atomic E-state index is 0.00865. The maximum absolute atomic E-state index is 13.0. The molecule has 5 aromatic carbocycles. The number of imide groups is 1. The van der Waals surface area contributed by atoms with Crippen LogP contribution in [0.4, 0.5) is 0 Å². The van der Waals surface area contributed by atoms with Crippen molar-refractivity contribution < 1.29 is 33.6 Å². The number of nitrogens with zero attached hydrogens (tertiary/aromatic N) is 2. The fourth-order valence-electron chi connectivity index (χ4n) is 7.67. The summed E-state index contributed by atoms with van der Waals surface area (Å²) < 4.78 is 24.5. The molecule has 9 heteroatoms. The third-order valence-corrected chi connectivity index (χ3v) is 10.5. The molecule has 5 aromatic rings. The van der Waals surface area contributed by atoms with E-state index in [-0.39, 0.29) is 37.2 Å². The number of benzene rings is 5. The lowest BCUT2D eigenvalue weighted by Crippen LogP contribution is -2.41. The van der Waals surface area contributed by atoms with Gasteiger partial charge in [0.05, 0.1) is 50.7 Å². The summed E-state index contributed by atoms with van der Waals surface area (Å²) in [4.78, 5) is 29.7. The van der Waals surface area contributed by atoms with Crippen molar-refractivity contribution in [3.63, 3.8) is 0 Å². The molecule has 3 heterocycles. The molecule has 270 valence electrons. The number of aliphatic hydroxyl groups is 1. The number of hydrogen-bond donors (Lipinski definition) is 1. The number of fused-ring (bicyclic) bond motifs is 2. The lowest BCUT2D eigenvalue weighted by Gasteiger charge is -2.39. The predicted molar refractivity (Wildman–Crippen MR) is 199 cm³/mol. The molecule has 1 fully saturated rings. The first-order chi connectivity index (χ1) is 25.9. The quantitative estimate of drug-likeness (QED) is 0.151. The predicted octanol–water partition coefficient (Wildman–Crippen LogP) is 7.26. The smallest absolute Gasteiger partial charge is 0.261 e. The maximum atomic E-state index is 13.0. The molecule has 0 radical (unpaired) electrons. The van der Waals surface area contributed by atoms with Gasteiger partial charge >= 0.3 is 0 Å². The highest BCUT2D eigenvalue weighted by atomic mass is 16.7. The van der Waals surface area contributed by atoms with Crippen LogP contribution in [0.1, 0.15) is 72.9 Å². The van der Waals surface area contributed by atoms with Gasteiger partial charge in [0.1, 0.15) is 0 Å². The van der Waals surface area contributed by atoms with Crippen molar-refractivity contribution in [2.75, 3.05) is 27.3 Å². The summed E-state index contributed by atoms with van der Waals surface area (Å²) in [6, 6.07) is 35.2. The van der Waals surface area contributed by atoms with Gasteiger partial charge in [0.25, 0.3) is 11.8 Å². The van der Waals surface area contributed by atoms with Crippen LogP contribution in [0, 0.1) is 0 Å². The molecule has 0 bridgehead atoms. The summed E-state index contributed by atoms with van der Waals surface area (Å²) in [6.45, 7) is 2.64. The van der Waals surface area contributed by atoms with Gasteiger partial charge in [0, 0.05) is 31.6 Å². The van der Waals surface area contributed by atoms with Gasteiger partial charge in [0.15, 0.2) is 17.8 Å². The van der Waals surface area contributed by atoms with Crippen LogP contribution in [0.2, 0.25) is 0 Å². The van der Waals surface area contributed by atoms with Crippen LogP contribution in [0.3, 0.4) is 0 Å². The maximum Gasteiger partial charge on any atom is 0.261 e. The van der Waals surface area contributed by atoms with E-state index in [1.54, 1.807) is 38.5 Å². The van der Waals surface area contributed by atoms with Crippen LogP contribution in [0.5, 0.6) is 11.5 Å². The van der Waals surface area contributed by atoms with Crippen molar-refractivity contribution >= 4 is 11.8 Å². The van der Waals surface area contributed by atoms with E-state index in [0.29, 0.717) is 17.5 Å². The largest absolute Gasteiger partial charge is 0.493 e. The summed E-state index contributed by atoms with van der Waals surface area (Å²) in [5.41, 5.74) is 9.09. The molecule has 8 rings (SSSR count). The van der Waals surface area contributed by atoms with Crippen molar-refractivity contribution in [2.45, 2.75) is 51.0 Å². The Balaban J connectivity index is 0.995. The second-order valence-electron chi connectivity index (χ2n) is 13.9. The fraction of sp³-hybridized carbons (Fsp3) is 0.273. The second-order valence-corrected chi connectivity index (χ2v) is 13.9. The average Bonchev–Trinajstić information content (AvgIpc) is 3.45. The molecule has 0 aromatic heterocycles. The first kappa shape index (κ1) is 34.7. The minimum atomic E-state index is -0.577. The van der Waals surface area contributed by atoms with E-state index < -0.39 is 6.29 Å². The molecular weight excluding hydrogens is 668 g/mol. The van der Waals surface area contributed by atoms with Crippen molar-refractivity contribution in [1.82, 2.24) is 9.80 Å². The molecule has 3 aliphatic rings. The zero-order chi connectivity index (χ0) is 36.5. The second kappa shape index (κ2) is 15.0. The molecule has 3 aliphatic heterocycles. The zero-order valence-electron chi connectivity index (χ0n) is 29.9. The van der Waals surface area contributed by atoms with Crippen LogP contribution in [0.25, 0.3) is 11.1 Å². The minimum Gasteiger partial charge on any atom is -0.493 e. The van der Waals surface area contributed by atoms with Crippen LogP contribution in [0.15, 0.2) is 109 Å². The Morgan fingerprint density at radius 3 is 2.08 bits per heavy atom. The summed E-state index contributed by atoms with van der Waals surface area (Å²) >= 11 is 0. The van der Waals surface area contributed by atoms with Gasteiger partial charge in [-0.1, -0.05) is 78.9 Å². The van der Waals surface area contributed by atoms with E-state index in [0.717, 1.165) is 70.9 Å². The lowest BCUT2D eigenvalue weighted by atomic mass is 9.96. The first-order valence-electron chi connectivity index (χ1n) is 18.0. The van der Waals surface area contributed by atoms with Crippen molar-refractivity contribution in [3.05, 3.63) is 154 Å². The third kappa shape index (κ3) is 7.09. The van der Waals surface area contributed by atoms with E-state index in [2.05, 4.69) is 29.2 Å². The monoisotopic (exact) mass is 710 g/mol. The van der Waals surface area contributed by atoms with Crippen molar-refractivity contribution in [2.24, 2.45) is 0 Å². The third-order valence-electron chi connectivity index (χ3n) is 10.5. The average molecular weight is 711 g/mol. The Morgan fingerprint density at radius 1 is 0.717 bits per heavy atom. The van der Waals surface area contributed by atoms with Gasteiger partial charge in [-0.25, -0.2) is 0 Å². The number of ether oxygens (including phenoxy) is 4. The van der Waals surface area contributed by atoms with Crippen LogP contribution in [-0.4, -0.2) is 60.1 Å². The molecule has 53 heavy (non-hydrogen) atoms. The van der Waals surface area contributed by atoms with Crippen molar-refractivity contribution in [1.29, 1.82) is 0 Å². The molecule has 3 atom stereocenters. The number of carbonyl (C=O) groups is 2. The molecular formula is C44H42N2O7. The summed E-state index contributed by atoms with van der Waals surface area (Å²) in [5.74, 6) is 0.963. The number of methoxy groups -OCH3 is 2. The van der Waals surface area contributed by atoms with Crippen LogP contribution >= 0.6 is 0 Å². The fourth-order valence-corrected chi connectivity index (χ4v) is 7.67. The highest BCUT2D eigenvalue weighted by Crippen LogP contribution is 2.40. The Hall–Kier alpha value is -5.32. The van der Waals surface area contributed by atoms with Gasteiger partial charge in [-0.3, -0.25) is 19.4 Å². The van der Waals surface area contributed by atoms with E-state index in [1.165, 1.54) is 16.0 Å². The molecule has 2 amide bonds. The molecule has 1 N–H and O–H groups in total. The number of carbonyl (C=O) groups excluding carboxylic acids is 2. The Morgan fingerprint density at radius 2 is 1.40 bits per heavy atom. The van der Waals surface area contributed by atoms with Gasteiger partial charge in [-0.05, 0) is 75.7 Å². The van der Waals surface area contributed by atoms with Crippen LogP contribution in [-0.2, 0) is 35.6 Å². The molecule has 9 nitrogen and oxygen atoms in total. The summed E-state index contributed by atoms with van der Waals surface area (Å²) in [6.07, 6.45) is 0.757. The highest BCUT2D eigenvalue weighted by molar-refractivity contribution is 6.21. The topological polar surface area (TPSA) is 97.8 Å². The lowest BCUT2D eigenvalue weighted by molar-refractivity contribution is -0.253. The number of rotatable bonds is 10. The summed E-state index contributed by atoms with van der Waals surface area (Å²) in [5, 5.41) is 9.62.